The lowest BCUT2D eigenvalue weighted by molar-refractivity contribution is -0.137. The average molecular weight is 739 g/mol. The number of piperidine rings is 1. The number of anilines is 1. The number of likely N-dealkylation sites (tertiary alicyclic amines) is 1. The molecule has 2 aliphatic carbocycles. The lowest BCUT2D eigenvalue weighted by Gasteiger charge is -2.45. The van der Waals surface area contributed by atoms with E-state index in [1.807, 2.05) is 0 Å². The largest absolute Gasteiger partial charge is 0.504 e. The van der Waals surface area contributed by atoms with Crippen LogP contribution in [0.5, 0.6) is 5.75 Å². The van der Waals surface area contributed by atoms with Crippen LogP contribution in [0.2, 0.25) is 5.02 Å². The van der Waals surface area contributed by atoms with E-state index in [2.05, 4.69) is 37.2 Å². The molecule has 3 aromatic heterocycles. The Morgan fingerprint density at radius 3 is 2.71 bits per heavy atom. The predicted octanol–water partition coefficient (Wildman–Crippen LogP) is 3.66. The first-order valence-corrected chi connectivity index (χ1v) is 16.6. The van der Waals surface area contributed by atoms with Crippen LogP contribution >= 0.6 is 11.6 Å². The first-order chi connectivity index (χ1) is 24.8. The number of nitrogens with one attached hydrogen (secondary N) is 1. The normalized spacial score (nSPS) is 23.4. The smallest absolute Gasteiger partial charge is 0.416 e. The Bertz CT molecular complexity index is 2370. The van der Waals surface area contributed by atoms with Crippen LogP contribution in [0.25, 0.3) is 11.4 Å². The van der Waals surface area contributed by atoms with Crippen LogP contribution in [-0.2, 0) is 27.7 Å². The van der Waals surface area contributed by atoms with Gasteiger partial charge in [0.25, 0.3) is 11.5 Å². The van der Waals surface area contributed by atoms with Gasteiger partial charge in [0.15, 0.2) is 17.3 Å². The summed E-state index contributed by atoms with van der Waals surface area (Å²) in [6, 6.07) is 2.52. The fraction of sp³-hybridized carbons (Fsp3) is 0.382. The number of amides is 2. The van der Waals surface area contributed by atoms with Crippen LogP contribution < -0.4 is 10.9 Å². The molecule has 1 aromatic carbocycles. The van der Waals surface area contributed by atoms with Gasteiger partial charge < -0.3 is 24.6 Å². The molecule has 0 saturated carbocycles. The third kappa shape index (κ3) is 5.14. The van der Waals surface area contributed by atoms with E-state index in [9.17, 15) is 32.7 Å². The van der Waals surface area contributed by atoms with Crippen LogP contribution in [0.1, 0.15) is 57.6 Å². The summed E-state index contributed by atoms with van der Waals surface area (Å²) in [6.07, 6.45) is -3.12. The minimum Gasteiger partial charge on any atom is -0.504 e. The predicted molar refractivity (Wildman–Crippen MR) is 175 cm³/mol. The van der Waals surface area contributed by atoms with Gasteiger partial charge in [-0.05, 0) is 43.5 Å². The van der Waals surface area contributed by atoms with Crippen LogP contribution in [0, 0.1) is 24.7 Å². The van der Waals surface area contributed by atoms with Gasteiger partial charge in [0, 0.05) is 12.2 Å². The Labute approximate surface area is 296 Å². The summed E-state index contributed by atoms with van der Waals surface area (Å²) in [5.41, 5.74) is -2.27. The summed E-state index contributed by atoms with van der Waals surface area (Å²) in [6.45, 7) is 1.25. The van der Waals surface area contributed by atoms with Gasteiger partial charge in [-0.15, -0.1) is 5.10 Å². The Hall–Kier alpha value is -5.34. The second-order valence-electron chi connectivity index (χ2n) is 13.0. The number of hydrogen-bond donors (Lipinski definition) is 2. The molecule has 4 atom stereocenters. The molecule has 8 rings (SSSR count). The van der Waals surface area contributed by atoms with Crippen molar-refractivity contribution in [1.29, 1.82) is 0 Å². The molecule has 2 amide bonds. The molecule has 18 heteroatoms. The highest BCUT2D eigenvalue weighted by Crippen LogP contribution is 2.58. The number of benzene rings is 1. The van der Waals surface area contributed by atoms with Gasteiger partial charge in [-0.1, -0.05) is 29.5 Å². The van der Waals surface area contributed by atoms with Crippen molar-refractivity contribution in [3.05, 3.63) is 80.0 Å². The number of carbonyl (C=O) groups is 2. The zero-order valence-corrected chi connectivity index (χ0v) is 27.9. The van der Waals surface area contributed by atoms with Crippen molar-refractivity contribution in [3.63, 3.8) is 0 Å². The van der Waals surface area contributed by atoms with E-state index in [0.717, 1.165) is 23.0 Å². The second-order valence-corrected chi connectivity index (χ2v) is 13.4. The standard InChI is InChI=1S/C34H27ClF4N8O5/c1-16-28(49)26(41-15-40-16)31(51)45-9-8-33(23(36)13-45)20-4-3-19(20)27-25(33)30(50)47-32(43-29(44-47)17-6-10-52-11-7-17)46(27)14-24(48)42-22-5-2-18(12-21(22)35)34(37,38)39/h2,5-6,12,15,19-20,23,49H,7-11,13-14H2,1H3,(H,42,48)/t19-,20+,23+,33-/m0/s1. The number of aromatic nitrogens is 6. The third-order valence-corrected chi connectivity index (χ3v) is 10.5. The minimum atomic E-state index is -4.65. The topological polar surface area (TPSA) is 157 Å². The van der Waals surface area contributed by atoms with Crippen LogP contribution in [0.15, 0.2) is 35.4 Å². The quantitative estimate of drug-likeness (QED) is 0.231. The van der Waals surface area contributed by atoms with Crippen molar-refractivity contribution < 1.29 is 37.0 Å². The Kier molecular flexibility index (Phi) is 7.88. The summed E-state index contributed by atoms with van der Waals surface area (Å²) < 4.78 is 64.6. The Balaban J connectivity index is 1.21. The van der Waals surface area contributed by atoms with Gasteiger partial charge in [-0.3, -0.25) is 14.4 Å². The maximum Gasteiger partial charge on any atom is 0.416 e. The number of hydrogen-bond acceptors (Lipinski definition) is 9. The maximum absolute atomic E-state index is 17.0. The first-order valence-electron chi connectivity index (χ1n) is 16.2. The maximum atomic E-state index is 17.0. The van der Waals surface area contributed by atoms with E-state index in [1.165, 1.54) is 16.4 Å². The highest BCUT2D eigenvalue weighted by atomic mass is 35.5. The van der Waals surface area contributed by atoms with Gasteiger partial charge in [0.1, 0.15) is 19.0 Å². The van der Waals surface area contributed by atoms with Gasteiger partial charge >= 0.3 is 6.18 Å². The number of carbonyl (C=O) groups excluding carboxylic acids is 2. The molecule has 52 heavy (non-hydrogen) atoms. The zero-order valence-electron chi connectivity index (χ0n) is 27.2. The number of rotatable bonds is 5. The lowest BCUT2D eigenvalue weighted by atomic mass is 9.63. The molecule has 13 nitrogen and oxygen atoms in total. The summed E-state index contributed by atoms with van der Waals surface area (Å²) in [7, 11) is 0. The van der Waals surface area contributed by atoms with Crippen LogP contribution in [0.4, 0.5) is 23.2 Å². The van der Waals surface area contributed by atoms with Gasteiger partial charge in [-0.25, -0.2) is 14.4 Å². The van der Waals surface area contributed by atoms with E-state index in [4.69, 9.17) is 16.3 Å². The van der Waals surface area contributed by atoms with E-state index >= 15 is 4.39 Å². The Morgan fingerprint density at radius 2 is 2.04 bits per heavy atom. The van der Waals surface area contributed by atoms with Crippen LogP contribution in [-0.4, -0.2) is 83.4 Å². The molecule has 0 unspecified atom stereocenters. The van der Waals surface area contributed by atoms with Crippen molar-refractivity contribution in [1.82, 2.24) is 34.0 Å². The fourth-order valence-corrected chi connectivity index (χ4v) is 7.78. The van der Waals surface area contributed by atoms with Crippen molar-refractivity contribution in [3.8, 4) is 17.6 Å². The monoisotopic (exact) mass is 738 g/mol. The molecular formula is C34H27ClF4N8O5. The number of aryl methyl sites for hydroxylation is 1. The van der Waals surface area contributed by atoms with Gasteiger partial charge in [0.05, 0.1) is 64.5 Å². The molecule has 2 N–H and O–H groups in total. The number of halogens is 5. The summed E-state index contributed by atoms with van der Waals surface area (Å²) in [5, 5.41) is 17.1. The van der Waals surface area contributed by atoms with Crippen LogP contribution in [0.3, 0.4) is 0 Å². The molecule has 1 spiro atoms. The lowest BCUT2D eigenvalue weighted by Crippen LogP contribution is -2.57. The zero-order chi connectivity index (χ0) is 36.7. The molecule has 268 valence electrons. The summed E-state index contributed by atoms with van der Waals surface area (Å²) in [4.78, 5) is 55.2. The number of nitrogens with zero attached hydrogens (tertiary/aromatic N) is 7. The number of fused-ring (bicyclic) bond motifs is 6. The van der Waals surface area contributed by atoms with Crippen molar-refractivity contribution in [2.75, 3.05) is 31.6 Å². The van der Waals surface area contributed by atoms with Gasteiger partial charge in [0.2, 0.25) is 11.7 Å². The summed E-state index contributed by atoms with van der Waals surface area (Å²) in [5.74, 6) is 3.08. The molecule has 0 bridgehead atoms. The molecule has 1 fully saturated rings. The molecular weight excluding hydrogens is 712 g/mol. The molecule has 0 radical (unpaired) electrons. The number of aromatic hydroxyl groups is 1. The van der Waals surface area contributed by atoms with Crippen molar-refractivity contribution in [2.24, 2.45) is 5.92 Å². The first kappa shape index (κ1) is 33.8. The van der Waals surface area contributed by atoms with E-state index in [-0.39, 0.29) is 57.9 Å². The third-order valence-electron chi connectivity index (χ3n) is 10.2. The van der Waals surface area contributed by atoms with E-state index in [0.29, 0.717) is 31.3 Å². The average Bonchev–Trinajstić information content (AvgIpc) is 3.62. The highest BCUT2D eigenvalue weighted by molar-refractivity contribution is 6.33. The SMILES string of the molecule is Cc1ncnc(C(=O)N2CC[C@@]3(c4c(n(CC(=O)Nc5ccc(C(F)(F)F)cc5Cl)c5nc(C6=CCOCC6)nn5c4=O)[C@H]4C#C[C@H]43)[C@H](F)C2)c1O. The van der Waals surface area contributed by atoms with Crippen molar-refractivity contribution >= 4 is 40.5 Å². The Morgan fingerprint density at radius 1 is 1.23 bits per heavy atom. The van der Waals surface area contributed by atoms with Crippen molar-refractivity contribution in [2.45, 2.75) is 50.0 Å². The highest BCUT2D eigenvalue weighted by Gasteiger charge is 2.63. The molecule has 4 aliphatic rings. The number of ether oxygens (including phenoxy) is 1. The molecule has 4 aromatic rings. The summed E-state index contributed by atoms with van der Waals surface area (Å²) >= 11 is 6.12. The molecule has 5 heterocycles. The van der Waals surface area contributed by atoms with Gasteiger partial charge in [-0.2, -0.15) is 22.7 Å². The number of alkyl halides is 4. The van der Waals surface area contributed by atoms with E-state index in [1.54, 1.807) is 6.08 Å². The van der Waals surface area contributed by atoms with E-state index < -0.39 is 71.4 Å². The molecule has 1 saturated heterocycles. The fourth-order valence-electron chi connectivity index (χ4n) is 7.55. The molecule has 2 aliphatic heterocycles. The minimum absolute atomic E-state index is 0.00798. The second kappa shape index (κ2) is 12.1.